The van der Waals surface area contributed by atoms with Gasteiger partial charge in [0.25, 0.3) is 0 Å². The maximum atomic E-state index is 15.3. The Morgan fingerprint density at radius 2 is 1.27 bits per heavy atom. The number of rotatable bonds is 20. The second-order valence-corrected chi connectivity index (χ2v) is 10.3. The molecule has 2 aromatic carbocycles. The van der Waals surface area contributed by atoms with Crippen molar-refractivity contribution in [3.8, 4) is 16.9 Å². The normalized spacial score (nSPS) is 10.9. The zero-order chi connectivity index (χ0) is 29.2. The van der Waals surface area contributed by atoms with Crippen LogP contribution in [0.1, 0.15) is 131 Å². The van der Waals surface area contributed by atoms with Crippen LogP contribution in [0.2, 0.25) is 0 Å². The molecule has 0 atom stereocenters. The number of ether oxygens (including phenoxy) is 2. The van der Waals surface area contributed by atoms with Gasteiger partial charge in [0.2, 0.25) is 0 Å². The lowest BCUT2D eigenvalue weighted by Gasteiger charge is -2.13. The summed E-state index contributed by atoms with van der Waals surface area (Å²) in [7, 11) is 0. The molecule has 0 amide bonds. The van der Waals surface area contributed by atoms with Crippen molar-refractivity contribution in [2.45, 2.75) is 110 Å². The van der Waals surface area contributed by atoms with E-state index in [0.29, 0.717) is 24.2 Å². The van der Waals surface area contributed by atoms with Gasteiger partial charge in [0.15, 0.2) is 0 Å². The molecule has 0 aromatic heterocycles. The Bertz CT molecular complexity index is 1060. The highest BCUT2D eigenvalue weighted by atomic mass is 19.1. The molecule has 1 N–H and O–H groups in total. The molecule has 0 aliphatic heterocycles. The third-order valence-electron chi connectivity index (χ3n) is 6.93. The highest BCUT2D eigenvalue weighted by Crippen LogP contribution is 2.35. The van der Waals surface area contributed by atoms with Gasteiger partial charge in [-0.05, 0) is 42.7 Å². The summed E-state index contributed by atoms with van der Waals surface area (Å²) >= 11 is 0. The third kappa shape index (κ3) is 11.5. The van der Waals surface area contributed by atoms with E-state index < -0.39 is 29.3 Å². The lowest BCUT2D eigenvalue weighted by Crippen LogP contribution is -2.11. The van der Waals surface area contributed by atoms with Crippen LogP contribution >= 0.6 is 0 Å². The zero-order valence-corrected chi connectivity index (χ0v) is 24.1. The molecule has 0 bridgehead atoms. The van der Waals surface area contributed by atoms with Crippen LogP contribution in [0, 0.1) is 5.82 Å². The third-order valence-corrected chi connectivity index (χ3v) is 6.93. The molecule has 0 saturated heterocycles. The second kappa shape index (κ2) is 19.0. The lowest BCUT2D eigenvalue weighted by molar-refractivity contribution is -0.134. The Kier molecular flexibility index (Phi) is 15.6. The van der Waals surface area contributed by atoms with Gasteiger partial charge in [0, 0.05) is 6.42 Å². The molecule has 0 aliphatic rings. The monoisotopic (exact) mass is 556 g/mol. The molecule has 7 heteroatoms. The number of esters is 2. The van der Waals surface area contributed by atoms with E-state index in [9.17, 15) is 19.5 Å². The zero-order valence-electron chi connectivity index (χ0n) is 24.1. The first-order valence-corrected chi connectivity index (χ1v) is 14.9. The molecular formula is C33H45FO6. The molecule has 2 rings (SSSR count). The van der Waals surface area contributed by atoms with E-state index in [4.69, 9.17) is 9.47 Å². The minimum atomic E-state index is -1.43. The van der Waals surface area contributed by atoms with Crippen molar-refractivity contribution < 1.29 is 33.4 Å². The van der Waals surface area contributed by atoms with Crippen molar-refractivity contribution in [2.24, 2.45) is 0 Å². The van der Waals surface area contributed by atoms with Gasteiger partial charge in [0.1, 0.15) is 11.6 Å². The molecule has 0 saturated carbocycles. The summed E-state index contributed by atoms with van der Waals surface area (Å²) in [6.45, 7) is 4.68. The molecule has 0 spiro atoms. The number of aromatic carboxylic acids is 1. The first-order chi connectivity index (χ1) is 19.4. The molecule has 0 fully saturated rings. The number of carbonyl (C=O) groups is 3. The average Bonchev–Trinajstić information content (AvgIpc) is 2.94. The number of hydrogen-bond donors (Lipinski definition) is 1. The number of carbonyl (C=O) groups excluding carboxylic acids is 2. The smallest absolute Gasteiger partial charge is 0.338 e. The standard InChI is InChI=1S/C33H45FO6/c1-3-5-7-9-11-13-15-17-29(35)40-28-23-22-27(32(36)37)31(34)30(28)25-18-20-26(21-19-25)33(38)39-24-16-14-12-10-8-6-4-2/h18-23H,3-17,24H2,1-2H3,(H,36,37). The molecular weight excluding hydrogens is 511 g/mol. The van der Waals surface area contributed by atoms with Crippen molar-refractivity contribution in [1.29, 1.82) is 0 Å². The number of carboxylic acid groups (broad SMARTS) is 1. The van der Waals surface area contributed by atoms with Gasteiger partial charge in [-0.2, -0.15) is 0 Å². The molecule has 40 heavy (non-hydrogen) atoms. The van der Waals surface area contributed by atoms with Gasteiger partial charge in [-0.15, -0.1) is 0 Å². The maximum absolute atomic E-state index is 15.3. The summed E-state index contributed by atoms with van der Waals surface area (Å²) in [4.78, 5) is 36.5. The van der Waals surface area contributed by atoms with Gasteiger partial charge >= 0.3 is 17.9 Å². The maximum Gasteiger partial charge on any atom is 0.338 e. The lowest BCUT2D eigenvalue weighted by atomic mass is 9.99. The van der Waals surface area contributed by atoms with Crippen LogP contribution in [0.15, 0.2) is 36.4 Å². The first-order valence-electron chi connectivity index (χ1n) is 14.9. The van der Waals surface area contributed by atoms with Gasteiger partial charge in [-0.3, -0.25) is 4.79 Å². The Balaban J connectivity index is 2.01. The highest BCUT2D eigenvalue weighted by molar-refractivity contribution is 5.93. The van der Waals surface area contributed by atoms with Crippen molar-refractivity contribution >= 4 is 17.9 Å². The SMILES string of the molecule is CCCCCCCCCOC(=O)c1ccc(-c2c(OC(=O)CCCCCCCCC)ccc(C(=O)O)c2F)cc1. The fraction of sp³-hybridized carbons (Fsp3) is 0.545. The van der Waals surface area contributed by atoms with Gasteiger partial charge in [-0.1, -0.05) is 103 Å². The number of carboxylic acids is 1. The predicted molar refractivity (Wildman–Crippen MR) is 155 cm³/mol. The fourth-order valence-electron chi connectivity index (χ4n) is 4.56. The van der Waals surface area contributed by atoms with Crippen LogP contribution in [0.4, 0.5) is 4.39 Å². The van der Waals surface area contributed by atoms with Crippen molar-refractivity contribution in [3.05, 3.63) is 53.3 Å². The van der Waals surface area contributed by atoms with E-state index in [0.717, 1.165) is 44.6 Å². The average molecular weight is 557 g/mol. The molecule has 0 heterocycles. The number of hydrogen-bond acceptors (Lipinski definition) is 5. The van der Waals surface area contributed by atoms with E-state index in [1.54, 1.807) is 0 Å². The van der Waals surface area contributed by atoms with Crippen LogP contribution in [-0.2, 0) is 9.53 Å². The van der Waals surface area contributed by atoms with Crippen molar-refractivity contribution in [2.75, 3.05) is 6.61 Å². The summed E-state index contributed by atoms with van der Waals surface area (Å²) < 4.78 is 26.2. The Hall–Kier alpha value is -3.22. The molecule has 0 aliphatic carbocycles. The molecule has 0 unspecified atom stereocenters. The molecule has 0 radical (unpaired) electrons. The predicted octanol–water partition coefficient (Wildman–Crippen LogP) is 9.14. The Labute approximate surface area is 238 Å². The van der Waals surface area contributed by atoms with Gasteiger partial charge in [-0.25, -0.2) is 14.0 Å². The summed E-state index contributed by atoms with van der Waals surface area (Å²) in [5.41, 5.74) is -0.0576. The van der Waals surface area contributed by atoms with E-state index in [1.807, 2.05) is 0 Å². The molecule has 2 aromatic rings. The van der Waals surface area contributed by atoms with Crippen molar-refractivity contribution in [3.63, 3.8) is 0 Å². The van der Waals surface area contributed by atoms with Gasteiger partial charge in [0.05, 0.1) is 23.3 Å². The first kappa shape index (κ1) is 33.0. The minimum Gasteiger partial charge on any atom is -0.478 e. The number of benzene rings is 2. The summed E-state index contributed by atoms with van der Waals surface area (Å²) in [6.07, 6.45) is 15.4. The van der Waals surface area contributed by atoms with Crippen LogP contribution in [0.3, 0.4) is 0 Å². The molecule has 220 valence electrons. The van der Waals surface area contributed by atoms with Gasteiger partial charge < -0.3 is 14.6 Å². The van der Waals surface area contributed by atoms with Crippen LogP contribution in [0.25, 0.3) is 11.1 Å². The molecule has 6 nitrogen and oxygen atoms in total. The van der Waals surface area contributed by atoms with E-state index >= 15 is 4.39 Å². The summed E-state index contributed by atoms with van der Waals surface area (Å²) in [5, 5.41) is 9.41. The fourth-order valence-corrected chi connectivity index (χ4v) is 4.56. The topological polar surface area (TPSA) is 89.9 Å². The van der Waals surface area contributed by atoms with Crippen molar-refractivity contribution in [1.82, 2.24) is 0 Å². The Morgan fingerprint density at radius 3 is 1.85 bits per heavy atom. The van der Waals surface area contributed by atoms with E-state index in [-0.39, 0.29) is 17.7 Å². The van der Waals surface area contributed by atoms with E-state index in [2.05, 4.69) is 13.8 Å². The second-order valence-electron chi connectivity index (χ2n) is 10.3. The van der Waals surface area contributed by atoms with Crippen LogP contribution in [0.5, 0.6) is 5.75 Å². The van der Waals surface area contributed by atoms with E-state index in [1.165, 1.54) is 75.3 Å². The quantitative estimate of drug-likeness (QED) is 0.0993. The van der Waals surface area contributed by atoms with Crippen LogP contribution in [-0.4, -0.2) is 29.6 Å². The summed E-state index contributed by atoms with van der Waals surface area (Å²) in [6, 6.07) is 8.39. The summed E-state index contributed by atoms with van der Waals surface area (Å²) in [5.74, 6) is -3.44. The largest absolute Gasteiger partial charge is 0.478 e. The Morgan fingerprint density at radius 1 is 0.725 bits per heavy atom. The number of unbranched alkanes of at least 4 members (excludes halogenated alkanes) is 12. The minimum absolute atomic E-state index is 0.0512. The number of halogens is 1. The van der Waals surface area contributed by atoms with Crippen LogP contribution < -0.4 is 4.74 Å². The highest BCUT2D eigenvalue weighted by Gasteiger charge is 2.22.